The number of Topliss-reactive ketones (excluding diaryl/α,β-unsaturated/α-hetero) is 1. The first-order chi connectivity index (χ1) is 7.77. The number of hydrogen-bond donors (Lipinski definition) is 0. The first-order valence-electron chi connectivity index (χ1n) is 4.81. The highest BCUT2D eigenvalue weighted by Gasteiger charge is 2.37. The third-order valence-corrected chi connectivity index (χ3v) is 2.34. The fourth-order valence-corrected chi connectivity index (χ4v) is 1.65. The predicted octanol–water partition coefficient (Wildman–Crippen LogP) is 3.96. The summed E-state index contributed by atoms with van der Waals surface area (Å²) in [5.41, 5.74) is -0.961. The molecule has 0 N–H and O–H groups in total. The largest absolute Gasteiger partial charge is 0.493 e. The first kappa shape index (κ1) is 13.8. The third kappa shape index (κ3) is 3.12. The molecule has 0 unspecified atom stereocenters. The molecule has 0 spiro atoms. The maximum atomic E-state index is 12.7. The first-order valence-corrected chi connectivity index (χ1v) is 5.19. The van der Waals surface area contributed by atoms with Crippen LogP contribution in [0.3, 0.4) is 0 Å². The van der Waals surface area contributed by atoms with Gasteiger partial charge in [-0.05, 0) is 26.0 Å². The van der Waals surface area contributed by atoms with Gasteiger partial charge in [0.25, 0.3) is 0 Å². The standard InChI is InChI=1S/C11H10ClF3O2/c1-3-17-9-5-7(6(2)16)4-8(12)10(9)11(13,14)15/h4-5H,3H2,1-2H3. The molecular formula is C11H10ClF3O2. The fraction of sp³-hybridized carbons (Fsp3) is 0.364. The van der Waals surface area contributed by atoms with E-state index < -0.39 is 22.5 Å². The Balaban J connectivity index is 3.43. The van der Waals surface area contributed by atoms with Gasteiger partial charge in [-0.3, -0.25) is 4.79 Å². The van der Waals surface area contributed by atoms with Crippen molar-refractivity contribution in [1.82, 2.24) is 0 Å². The van der Waals surface area contributed by atoms with Crippen LogP contribution in [-0.2, 0) is 6.18 Å². The van der Waals surface area contributed by atoms with E-state index in [9.17, 15) is 18.0 Å². The van der Waals surface area contributed by atoms with Gasteiger partial charge in [0.15, 0.2) is 5.78 Å². The van der Waals surface area contributed by atoms with Gasteiger partial charge in [0.2, 0.25) is 0 Å². The normalized spacial score (nSPS) is 11.4. The number of halogens is 4. The van der Waals surface area contributed by atoms with Gasteiger partial charge in [0.1, 0.15) is 11.3 Å². The summed E-state index contributed by atoms with van der Waals surface area (Å²) in [6, 6.07) is 2.05. The van der Waals surface area contributed by atoms with Crippen LogP contribution in [0.15, 0.2) is 12.1 Å². The highest BCUT2D eigenvalue weighted by atomic mass is 35.5. The summed E-state index contributed by atoms with van der Waals surface area (Å²) < 4.78 is 43.0. The second-order valence-electron chi connectivity index (χ2n) is 3.32. The second-order valence-corrected chi connectivity index (χ2v) is 3.73. The van der Waals surface area contributed by atoms with Gasteiger partial charge < -0.3 is 4.74 Å². The van der Waals surface area contributed by atoms with Crippen LogP contribution in [0.5, 0.6) is 5.75 Å². The lowest BCUT2D eigenvalue weighted by Crippen LogP contribution is -2.11. The van der Waals surface area contributed by atoms with Crippen molar-refractivity contribution in [2.24, 2.45) is 0 Å². The van der Waals surface area contributed by atoms with Crippen LogP contribution in [0.1, 0.15) is 29.8 Å². The Bertz CT molecular complexity index is 441. The van der Waals surface area contributed by atoms with Crippen molar-refractivity contribution in [3.8, 4) is 5.75 Å². The van der Waals surface area contributed by atoms with Gasteiger partial charge >= 0.3 is 6.18 Å². The zero-order chi connectivity index (χ0) is 13.2. The molecule has 0 radical (unpaired) electrons. The van der Waals surface area contributed by atoms with Gasteiger partial charge in [0.05, 0.1) is 11.6 Å². The van der Waals surface area contributed by atoms with Crippen LogP contribution >= 0.6 is 11.6 Å². The van der Waals surface area contributed by atoms with Gasteiger partial charge in [0, 0.05) is 5.56 Å². The molecule has 1 rings (SSSR count). The van der Waals surface area contributed by atoms with Crippen molar-refractivity contribution < 1.29 is 22.7 Å². The zero-order valence-electron chi connectivity index (χ0n) is 9.19. The average molecular weight is 267 g/mol. The van der Waals surface area contributed by atoms with Crippen molar-refractivity contribution >= 4 is 17.4 Å². The molecule has 6 heteroatoms. The summed E-state index contributed by atoms with van der Waals surface area (Å²) in [5.74, 6) is -0.792. The molecule has 0 saturated carbocycles. The van der Waals surface area contributed by atoms with Crippen LogP contribution in [0.25, 0.3) is 0 Å². The van der Waals surface area contributed by atoms with E-state index in [-0.39, 0.29) is 18.0 Å². The van der Waals surface area contributed by atoms with Crippen LogP contribution in [0.4, 0.5) is 13.2 Å². The number of carbonyl (C=O) groups is 1. The average Bonchev–Trinajstić information content (AvgIpc) is 2.14. The highest BCUT2D eigenvalue weighted by Crippen LogP contribution is 2.41. The van der Waals surface area contributed by atoms with E-state index in [0.29, 0.717) is 0 Å². The van der Waals surface area contributed by atoms with E-state index in [0.717, 1.165) is 12.1 Å². The molecule has 0 aliphatic heterocycles. The minimum Gasteiger partial charge on any atom is -0.493 e. The highest BCUT2D eigenvalue weighted by molar-refractivity contribution is 6.32. The molecule has 1 aromatic carbocycles. The second kappa shape index (κ2) is 4.96. The van der Waals surface area contributed by atoms with Crippen molar-refractivity contribution in [1.29, 1.82) is 0 Å². The number of rotatable bonds is 3. The van der Waals surface area contributed by atoms with Gasteiger partial charge in [-0.1, -0.05) is 11.6 Å². The summed E-state index contributed by atoms with van der Waals surface area (Å²) >= 11 is 5.55. The topological polar surface area (TPSA) is 26.3 Å². The van der Waals surface area contributed by atoms with E-state index in [1.165, 1.54) is 6.92 Å². The van der Waals surface area contributed by atoms with Gasteiger partial charge in [-0.25, -0.2) is 0 Å². The maximum Gasteiger partial charge on any atom is 0.421 e. The quantitative estimate of drug-likeness (QED) is 0.774. The van der Waals surface area contributed by atoms with Crippen LogP contribution in [-0.4, -0.2) is 12.4 Å². The Kier molecular flexibility index (Phi) is 4.03. The molecule has 0 amide bonds. The molecule has 0 heterocycles. The van der Waals surface area contributed by atoms with Crippen LogP contribution in [0.2, 0.25) is 5.02 Å². The summed E-state index contributed by atoms with van der Waals surface area (Å²) in [6.45, 7) is 2.85. The fourth-order valence-electron chi connectivity index (χ4n) is 1.33. The Hall–Kier alpha value is -1.23. The summed E-state index contributed by atoms with van der Waals surface area (Å²) in [4.78, 5) is 11.1. The molecule has 0 aliphatic carbocycles. The van der Waals surface area contributed by atoms with Crippen LogP contribution < -0.4 is 4.74 Å². The lowest BCUT2D eigenvalue weighted by molar-refractivity contribution is -0.138. The van der Waals surface area contributed by atoms with Crippen LogP contribution in [0, 0.1) is 0 Å². The minimum absolute atomic E-state index is 0.0563. The molecule has 2 nitrogen and oxygen atoms in total. The molecule has 0 fully saturated rings. The summed E-state index contributed by atoms with van der Waals surface area (Å²) in [5, 5.41) is -0.534. The molecule has 94 valence electrons. The number of hydrogen-bond acceptors (Lipinski definition) is 2. The van der Waals surface area contributed by atoms with Crippen molar-refractivity contribution in [2.45, 2.75) is 20.0 Å². The van der Waals surface area contributed by atoms with Crippen molar-refractivity contribution in [2.75, 3.05) is 6.61 Å². The van der Waals surface area contributed by atoms with Crippen molar-refractivity contribution in [3.63, 3.8) is 0 Å². The molecule has 0 aromatic heterocycles. The molecule has 0 saturated heterocycles. The Morgan fingerprint density at radius 3 is 2.41 bits per heavy atom. The van der Waals surface area contributed by atoms with Crippen molar-refractivity contribution in [3.05, 3.63) is 28.3 Å². The summed E-state index contributed by atoms with van der Waals surface area (Å²) in [6.07, 6.45) is -4.61. The monoisotopic (exact) mass is 266 g/mol. The van der Waals surface area contributed by atoms with E-state index in [2.05, 4.69) is 0 Å². The molecular weight excluding hydrogens is 257 g/mol. The Labute approximate surface area is 101 Å². The number of alkyl halides is 3. The molecule has 1 aromatic rings. The van der Waals surface area contributed by atoms with E-state index in [4.69, 9.17) is 16.3 Å². The molecule has 17 heavy (non-hydrogen) atoms. The molecule has 0 aliphatic rings. The SMILES string of the molecule is CCOc1cc(C(C)=O)cc(Cl)c1C(F)(F)F. The zero-order valence-corrected chi connectivity index (χ0v) is 9.95. The van der Waals surface area contributed by atoms with E-state index >= 15 is 0 Å². The molecule has 0 atom stereocenters. The number of benzene rings is 1. The number of ketones is 1. The maximum absolute atomic E-state index is 12.7. The Morgan fingerprint density at radius 2 is 2.00 bits per heavy atom. The smallest absolute Gasteiger partial charge is 0.421 e. The lowest BCUT2D eigenvalue weighted by atomic mass is 10.1. The van der Waals surface area contributed by atoms with E-state index in [1.807, 2.05) is 0 Å². The van der Waals surface area contributed by atoms with E-state index in [1.54, 1.807) is 6.92 Å². The van der Waals surface area contributed by atoms with Gasteiger partial charge in [-0.2, -0.15) is 13.2 Å². The lowest BCUT2D eigenvalue weighted by Gasteiger charge is -2.15. The third-order valence-electron chi connectivity index (χ3n) is 2.04. The molecule has 0 bridgehead atoms. The summed E-state index contributed by atoms with van der Waals surface area (Å²) in [7, 11) is 0. The predicted molar refractivity (Wildman–Crippen MR) is 57.6 cm³/mol. The minimum atomic E-state index is -4.61. The van der Waals surface area contributed by atoms with Gasteiger partial charge in [-0.15, -0.1) is 0 Å². The Morgan fingerprint density at radius 1 is 1.41 bits per heavy atom. The number of carbonyl (C=O) groups excluding carboxylic acids is 1. The number of ether oxygens (including phenoxy) is 1.